The van der Waals surface area contributed by atoms with E-state index in [0.29, 0.717) is 0 Å². The Kier molecular flexibility index (Phi) is 9.03. The predicted molar refractivity (Wildman–Crippen MR) is 110 cm³/mol. The van der Waals surface area contributed by atoms with Crippen molar-refractivity contribution in [3.05, 3.63) is 71.8 Å². The van der Waals surface area contributed by atoms with Crippen molar-refractivity contribution in [3.8, 4) is 0 Å². The van der Waals surface area contributed by atoms with Crippen molar-refractivity contribution in [3.63, 3.8) is 0 Å². The van der Waals surface area contributed by atoms with Gasteiger partial charge in [0.25, 0.3) is 0 Å². The van der Waals surface area contributed by atoms with Crippen molar-refractivity contribution in [1.82, 2.24) is 10.6 Å². The third-order valence-corrected chi connectivity index (χ3v) is 4.32. The Morgan fingerprint density at radius 2 is 1.45 bits per heavy atom. The maximum Gasteiger partial charge on any atom is 0.408 e. The minimum atomic E-state index is -1.50. The van der Waals surface area contributed by atoms with Gasteiger partial charge in [-0.2, -0.15) is 0 Å². The second-order valence-corrected chi connectivity index (χ2v) is 6.63. The topological polar surface area (TPSA) is 131 Å². The van der Waals surface area contributed by atoms with Gasteiger partial charge in [-0.3, -0.25) is 9.59 Å². The molecule has 31 heavy (non-hydrogen) atoms. The molecule has 2 aromatic rings. The van der Waals surface area contributed by atoms with Crippen molar-refractivity contribution in [2.75, 3.05) is 7.11 Å². The summed E-state index contributed by atoms with van der Waals surface area (Å²) in [5.74, 6) is -2.96. The number of hydrogen-bond acceptors (Lipinski definition) is 6. The molecule has 164 valence electrons. The van der Waals surface area contributed by atoms with E-state index in [1.807, 2.05) is 6.07 Å². The molecule has 0 fully saturated rings. The average Bonchev–Trinajstić information content (AvgIpc) is 2.78. The number of aliphatic carboxylic acids is 1. The molecular weight excluding hydrogens is 404 g/mol. The molecule has 0 heterocycles. The summed E-state index contributed by atoms with van der Waals surface area (Å²) in [5, 5.41) is 14.0. The highest BCUT2D eigenvalue weighted by Crippen LogP contribution is 2.06. The number of ether oxygens (including phenoxy) is 2. The molecule has 0 aromatic heterocycles. The first kappa shape index (κ1) is 23.4. The first-order chi connectivity index (χ1) is 14.9. The van der Waals surface area contributed by atoms with Crippen LogP contribution < -0.4 is 10.6 Å². The molecule has 2 amide bonds. The molecule has 0 aliphatic rings. The van der Waals surface area contributed by atoms with Crippen molar-refractivity contribution in [1.29, 1.82) is 0 Å². The molecule has 0 spiro atoms. The van der Waals surface area contributed by atoms with Crippen LogP contribution in [0.4, 0.5) is 4.79 Å². The standard InChI is InChI=1S/C22H24N2O7/c1-30-19(25)13-18(21(27)28)23-20(26)17(12-15-8-4-2-5-9-15)24-22(29)31-14-16-10-6-3-7-11-16/h2-11,17-18H,12-14H2,1H3,(H,23,26)(H,24,29)(H,27,28)/t17-,18+/m0/s1. The van der Waals surface area contributed by atoms with Crippen molar-refractivity contribution < 1.29 is 33.8 Å². The number of rotatable bonds is 10. The first-order valence-corrected chi connectivity index (χ1v) is 9.50. The number of esters is 1. The van der Waals surface area contributed by atoms with Gasteiger partial charge in [0.1, 0.15) is 18.7 Å². The van der Waals surface area contributed by atoms with Crippen LogP contribution in [0.1, 0.15) is 17.5 Å². The van der Waals surface area contributed by atoms with Gasteiger partial charge in [0.2, 0.25) is 5.91 Å². The van der Waals surface area contributed by atoms with Gasteiger partial charge in [-0.05, 0) is 11.1 Å². The molecule has 3 N–H and O–H groups in total. The molecule has 2 atom stereocenters. The number of carbonyl (C=O) groups is 4. The van der Waals surface area contributed by atoms with Gasteiger partial charge in [-0.15, -0.1) is 0 Å². The van der Waals surface area contributed by atoms with Crippen LogP contribution in [-0.4, -0.2) is 48.2 Å². The van der Waals surface area contributed by atoms with Crippen LogP contribution >= 0.6 is 0 Å². The van der Waals surface area contributed by atoms with Crippen LogP contribution in [0.2, 0.25) is 0 Å². The zero-order valence-electron chi connectivity index (χ0n) is 16.9. The number of benzene rings is 2. The number of carbonyl (C=O) groups excluding carboxylic acids is 3. The average molecular weight is 428 g/mol. The zero-order valence-corrected chi connectivity index (χ0v) is 16.9. The summed E-state index contributed by atoms with van der Waals surface area (Å²) < 4.78 is 9.62. The summed E-state index contributed by atoms with van der Waals surface area (Å²) >= 11 is 0. The van der Waals surface area contributed by atoms with Crippen LogP contribution in [0.5, 0.6) is 0 Å². The smallest absolute Gasteiger partial charge is 0.408 e. The highest BCUT2D eigenvalue weighted by molar-refractivity contribution is 5.91. The Morgan fingerprint density at radius 3 is 2.00 bits per heavy atom. The van der Waals surface area contributed by atoms with E-state index in [1.54, 1.807) is 54.6 Å². The number of nitrogens with one attached hydrogen (secondary N) is 2. The third-order valence-electron chi connectivity index (χ3n) is 4.32. The van der Waals surface area contributed by atoms with Gasteiger partial charge >= 0.3 is 18.0 Å². The van der Waals surface area contributed by atoms with Gasteiger partial charge in [-0.25, -0.2) is 9.59 Å². The lowest BCUT2D eigenvalue weighted by molar-refractivity contribution is -0.148. The molecule has 0 aliphatic heterocycles. The molecule has 0 unspecified atom stereocenters. The summed E-state index contributed by atoms with van der Waals surface area (Å²) in [6.07, 6.45) is -1.29. The van der Waals surface area contributed by atoms with Crippen LogP contribution in [0.15, 0.2) is 60.7 Å². The zero-order chi connectivity index (χ0) is 22.6. The lowest BCUT2D eigenvalue weighted by Crippen LogP contribution is -2.53. The number of carboxylic acid groups (broad SMARTS) is 1. The normalized spacial score (nSPS) is 12.2. The summed E-state index contributed by atoms with van der Waals surface area (Å²) in [6.45, 7) is 0.00639. The van der Waals surface area contributed by atoms with E-state index in [4.69, 9.17) is 4.74 Å². The van der Waals surface area contributed by atoms with Crippen molar-refractivity contribution in [2.45, 2.75) is 31.5 Å². The third kappa shape index (κ3) is 8.17. The number of amides is 2. The van der Waals surface area contributed by atoms with E-state index in [1.165, 1.54) is 0 Å². The number of alkyl carbamates (subject to hydrolysis) is 1. The lowest BCUT2D eigenvalue weighted by atomic mass is 10.0. The molecule has 0 saturated heterocycles. The maximum atomic E-state index is 12.7. The minimum Gasteiger partial charge on any atom is -0.480 e. The van der Waals surface area contributed by atoms with Crippen LogP contribution in [0, 0.1) is 0 Å². The van der Waals surface area contributed by atoms with Gasteiger partial charge < -0.3 is 25.2 Å². The summed E-state index contributed by atoms with van der Waals surface area (Å²) in [7, 11) is 1.12. The van der Waals surface area contributed by atoms with E-state index in [0.717, 1.165) is 18.2 Å². The number of methoxy groups -OCH3 is 1. The molecule has 0 radical (unpaired) electrons. The molecule has 0 aliphatic carbocycles. The second kappa shape index (κ2) is 12.0. The van der Waals surface area contributed by atoms with E-state index >= 15 is 0 Å². The second-order valence-electron chi connectivity index (χ2n) is 6.63. The van der Waals surface area contributed by atoms with E-state index in [2.05, 4.69) is 15.4 Å². The van der Waals surface area contributed by atoms with Crippen LogP contribution in [0.25, 0.3) is 0 Å². The SMILES string of the molecule is COC(=O)C[C@@H](NC(=O)[C@H](Cc1ccccc1)NC(=O)OCc1ccccc1)C(=O)O. The van der Waals surface area contributed by atoms with Gasteiger partial charge in [-0.1, -0.05) is 60.7 Å². The first-order valence-electron chi connectivity index (χ1n) is 9.50. The van der Waals surface area contributed by atoms with Gasteiger partial charge in [0, 0.05) is 6.42 Å². The van der Waals surface area contributed by atoms with Crippen LogP contribution in [0.3, 0.4) is 0 Å². The Morgan fingerprint density at radius 1 is 0.871 bits per heavy atom. The monoisotopic (exact) mass is 428 g/mol. The molecular formula is C22H24N2O7. The van der Waals surface area contributed by atoms with Crippen molar-refractivity contribution >= 4 is 23.9 Å². The molecule has 0 bridgehead atoms. The molecule has 2 rings (SSSR count). The van der Waals surface area contributed by atoms with E-state index < -0.39 is 42.4 Å². The van der Waals surface area contributed by atoms with Crippen molar-refractivity contribution in [2.24, 2.45) is 0 Å². The van der Waals surface area contributed by atoms with Gasteiger partial charge in [0.15, 0.2) is 0 Å². The highest BCUT2D eigenvalue weighted by Gasteiger charge is 2.29. The molecule has 2 aromatic carbocycles. The fraction of sp³-hybridized carbons (Fsp3) is 0.273. The summed E-state index contributed by atoms with van der Waals surface area (Å²) in [4.78, 5) is 47.9. The lowest BCUT2D eigenvalue weighted by Gasteiger charge is -2.21. The predicted octanol–water partition coefficient (Wildman–Crippen LogP) is 1.66. The fourth-order valence-corrected chi connectivity index (χ4v) is 2.69. The Labute approximate surface area is 179 Å². The molecule has 0 saturated carbocycles. The Hall–Kier alpha value is -3.88. The fourth-order valence-electron chi connectivity index (χ4n) is 2.69. The highest BCUT2D eigenvalue weighted by atomic mass is 16.5. The maximum absolute atomic E-state index is 12.7. The summed E-state index contributed by atoms with van der Waals surface area (Å²) in [5.41, 5.74) is 1.51. The van der Waals surface area contributed by atoms with E-state index in [-0.39, 0.29) is 13.0 Å². The molecule has 9 heteroatoms. The largest absolute Gasteiger partial charge is 0.480 e. The number of carboxylic acids is 1. The van der Waals surface area contributed by atoms with Crippen LogP contribution in [-0.2, 0) is 36.9 Å². The number of hydrogen-bond donors (Lipinski definition) is 3. The Balaban J connectivity index is 2.07. The van der Waals surface area contributed by atoms with Gasteiger partial charge in [0.05, 0.1) is 13.5 Å². The Bertz CT molecular complexity index is 887. The quantitative estimate of drug-likeness (QED) is 0.491. The summed E-state index contributed by atoms with van der Waals surface area (Å²) in [6, 6.07) is 15.3. The van der Waals surface area contributed by atoms with E-state index in [9.17, 15) is 24.3 Å². The molecule has 9 nitrogen and oxygen atoms in total. The minimum absolute atomic E-state index is 0.00639.